The Morgan fingerprint density at radius 3 is 2.56 bits per heavy atom. The van der Waals surface area contributed by atoms with E-state index in [1.165, 1.54) is 5.56 Å². The average Bonchev–Trinajstić information content (AvgIpc) is 2.60. The monoisotopic (exact) mass is 341 g/mol. The van der Waals surface area contributed by atoms with Crippen LogP contribution in [0.3, 0.4) is 0 Å². The molecule has 0 radical (unpaired) electrons. The molecule has 0 aliphatic heterocycles. The lowest BCUT2D eigenvalue weighted by atomic mass is 9.87. The number of para-hydroxylation sites is 1. The largest absolute Gasteiger partial charge is 0.496 e. The third-order valence-corrected chi connectivity index (χ3v) is 3.98. The average molecular weight is 341 g/mol. The van der Waals surface area contributed by atoms with Crippen LogP contribution >= 0.6 is 0 Å². The van der Waals surface area contributed by atoms with Crippen molar-refractivity contribution in [2.45, 2.75) is 32.6 Å². The van der Waals surface area contributed by atoms with Gasteiger partial charge in [-0.15, -0.1) is 0 Å². The Morgan fingerprint density at radius 1 is 1.08 bits per heavy atom. The number of nitrogens with one attached hydrogen (secondary N) is 1. The molecule has 4 heteroatoms. The van der Waals surface area contributed by atoms with E-state index in [4.69, 9.17) is 9.47 Å². The molecule has 0 aliphatic rings. The predicted octanol–water partition coefficient (Wildman–Crippen LogP) is 3.73. The number of benzene rings is 2. The third-order valence-electron chi connectivity index (χ3n) is 3.98. The molecule has 0 heterocycles. The minimum Gasteiger partial charge on any atom is -0.496 e. The Hall–Kier alpha value is -2.49. The summed E-state index contributed by atoms with van der Waals surface area (Å²) in [5.41, 5.74) is 2.31. The maximum atomic E-state index is 12.0. The van der Waals surface area contributed by atoms with Crippen LogP contribution in [0.1, 0.15) is 31.9 Å². The van der Waals surface area contributed by atoms with Gasteiger partial charge in [0, 0.05) is 6.54 Å². The molecule has 0 aliphatic carbocycles. The van der Waals surface area contributed by atoms with E-state index in [1.807, 2.05) is 42.5 Å². The summed E-state index contributed by atoms with van der Waals surface area (Å²) in [4.78, 5) is 12.0. The van der Waals surface area contributed by atoms with Crippen LogP contribution in [0.25, 0.3) is 0 Å². The zero-order chi connectivity index (χ0) is 18.3. The van der Waals surface area contributed by atoms with E-state index in [0.29, 0.717) is 12.3 Å². The second-order valence-electron chi connectivity index (χ2n) is 6.98. The highest BCUT2D eigenvalue weighted by molar-refractivity contribution is 5.77. The van der Waals surface area contributed by atoms with Gasteiger partial charge in [0.2, 0.25) is 0 Å². The summed E-state index contributed by atoms with van der Waals surface area (Å²) in [5, 5.41) is 2.88. The SMILES string of the molecule is COc1ccccc1CCNC(=O)COc1cccc(C(C)(C)C)c1. The van der Waals surface area contributed by atoms with Gasteiger partial charge in [-0.3, -0.25) is 4.79 Å². The van der Waals surface area contributed by atoms with Crippen molar-refractivity contribution in [3.8, 4) is 11.5 Å². The summed E-state index contributed by atoms with van der Waals surface area (Å²) < 4.78 is 10.9. The van der Waals surface area contributed by atoms with E-state index in [9.17, 15) is 4.79 Å². The van der Waals surface area contributed by atoms with Crippen molar-refractivity contribution in [1.82, 2.24) is 5.32 Å². The number of hydrogen-bond donors (Lipinski definition) is 1. The summed E-state index contributed by atoms with van der Waals surface area (Å²) in [6, 6.07) is 15.7. The first-order chi connectivity index (χ1) is 11.9. The molecule has 2 rings (SSSR count). The van der Waals surface area contributed by atoms with Gasteiger partial charge in [0.1, 0.15) is 11.5 Å². The fourth-order valence-corrected chi connectivity index (χ4v) is 2.50. The number of rotatable bonds is 7. The molecule has 134 valence electrons. The number of carbonyl (C=O) groups excluding carboxylic acids is 1. The van der Waals surface area contributed by atoms with Gasteiger partial charge in [0.25, 0.3) is 5.91 Å². The quantitative estimate of drug-likeness (QED) is 0.835. The number of methoxy groups -OCH3 is 1. The van der Waals surface area contributed by atoms with Gasteiger partial charge >= 0.3 is 0 Å². The highest BCUT2D eigenvalue weighted by Crippen LogP contribution is 2.25. The van der Waals surface area contributed by atoms with Crippen LogP contribution in [0.15, 0.2) is 48.5 Å². The number of carbonyl (C=O) groups is 1. The van der Waals surface area contributed by atoms with Crippen LogP contribution < -0.4 is 14.8 Å². The Morgan fingerprint density at radius 2 is 1.84 bits per heavy atom. The molecule has 2 aromatic carbocycles. The Kier molecular flexibility index (Phi) is 6.45. The van der Waals surface area contributed by atoms with Crippen LogP contribution in [0, 0.1) is 0 Å². The van der Waals surface area contributed by atoms with Crippen molar-refractivity contribution in [3.63, 3.8) is 0 Å². The maximum absolute atomic E-state index is 12.0. The lowest BCUT2D eigenvalue weighted by molar-refractivity contribution is -0.123. The summed E-state index contributed by atoms with van der Waals surface area (Å²) in [6.07, 6.45) is 0.718. The number of ether oxygens (including phenoxy) is 2. The summed E-state index contributed by atoms with van der Waals surface area (Å²) >= 11 is 0. The van der Waals surface area contributed by atoms with Crippen molar-refractivity contribution >= 4 is 5.91 Å². The van der Waals surface area contributed by atoms with Crippen molar-refractivity contribution in [1.29, 1.82) is 0 Å². The predicted molar refractivity (Wildman–Crippen MR) is 100 cm³/mol. The fraction of sp³-hybridized carbons (Fsp3) is 0.381. The molecular weight excluding hydrogens is 314 g/mol. The van der Waals surface area contributed by atoms with Gasteiger partial charge in [0.05, 0.1) is 7.11 Å². The highest BCUT2D eigenvalue weighted by Gasteiger charge is 2.14. The van der Waals surface area contributed by atoms with E-state index < -0.39 is 0 Å². The molecule has 1 amide bonds. The van der Waals surface area contributed by atoms with E-state index >= 15 is 0 Å². The lowest BCUT2D eigenvalue weighted by Crippen LogP contribution is -2.30. The van der Waals surface area contributed by atoms with Crippen molar-refractivity contribution < 1.29 is 14.3 Å². The molecule has 0 aromatic heterocycles. The number of hydrogen-bond acceptors (Lipinski definition) is 3. The van der Waals surface area contributed by atoms with Crippen LogP contribution in [0.5, 0.6) is 11.5 Å². The van der Waals surface area contributed by atoms with Crippen LogP contribution in [0.2, 0.25) is 0 Å². The fourth-order valence-electron chi connectivity index (χ4n) is 2.50. The van der Waals surface area contributed by atoms with Crippen LogP contribution in [-0.4, -0.2) is 26.2 Å². The number of amides is 1. The molecule has 1 N–H and O–H groups in total. The van der Waals surface area contributed by atoms with Gasteiger partial charge in [0.15, 0.2) is 6.61 Å². The second kappa shape index (κ2) is 8.56. The molecule has 0 spiro atoms. The standard InChI is InChI=1S/C21H27NO3/c1-21(2,3)17-9-7-10-18(14-17)25-15-20(23)22-13-12-16-8-5-6-11-19(16)24-4/h5-11,14H,12-13,15H2,1-4H3,(H,22,23). The van der Waals surface area contributed by atoms with Gasteiger partial charge < -0.3 is 14.8 Å². The van der Waals surface area contributed by atoms with Gasteiger partial charge in [-0.25, -0.2) is 0 Å². The van der Waals surface area contributed by atoms with Crippen molar-refractivity contribution in [3.05, 3.63) is 59.7 Å². The third kappa shape index (κ3) is 5.82. The molecule has 0 saturated carbocycles. The highest BCUT2D eigenvalue weighted by atomic mass is 16.5. The first kappa shape index (κ1) is 18.8. The zero-order valence-corrected chi connectivity index (χ0v) is 15.5. The van der Waals surface area contributed by atoms with Crippen molar-refractivity contribution in [2.24, 2.45) is 0 Å². The van der Waals surface area contributed by atoms with Crippen LogP contribution in [0.4, 0.5) is 0 Å². The first-order valence-corrected chi connectivity index (χ1v) is 8.52. The Balaban J connectivity index is 1.79. The Labute approximate surface area is 150 Å². The molecule has 0 atom stereocenters. The van der Waals surface area contributed by atoms with Crippen molar-refractivity contribution in [2.75, 3.05) is 20.3 Å². The smallest absolute Gasteiger partial charge is 0.257 e. The minimum atomic E-state index is -0.129. The lowest BCUT2D eigenvalue weighted by Gasteiger charge is -2.19. The van der Waals surface area contributed by atoms with E-state index in [-0.39, 0.29) is 17.9 Å². The molecule has 0 bridgehead atoms. The van der Waals surface area contributed by atoms with Gasteiger partial charge in [-0.05, 0) is 41.2 Å². The molecule has 2 aromatic rings. The molecule has 0 fully saturated rings. The molecule has 0 unspecified atom stereocenters. The van der Waals surface area contributed by atoms with E-state index in [2.05, 4.69) is 32.2 Å². The first-order valence-electron chi connectivity index (χ1n) is 8.52. The van der Waals surface area contributed by atoms with Gasteiger partial charge in [-0.2, -0.15) is 0 Å². The van der Waals surface area contributed by atoms with E-state index in [1.54, 1.807) is 7.11 Å². The molecule has 25 heavy (non-hydrogen) atoms. The Bertz CT molecular complexity index is 704. The zero-order valence-electron chi connectivity index (χ0n) is 15.5. The second-order valence-corrected chi connectivity index (χ2v) is 6.98. The maximum Gasteiger partial charge on any atom is 0.257 e. The van der Waals surface area contributed by atoms with Gasteiger partial charge in [-0.1, -0.05) is 51.1 Å². The summed E-state index contributed by atoms with van der Waals surface area (Å²) in [7, 11) is 1.65. The van der Waals surface area contributed by atoms with Crippen LogP contribution in [-0.2, 0) is 16.6 Å². The summed E-state index contributed by atoms with van der Waals surface area (Å²) in [6.45, 7) is 7.01. The minimum absolute atomic E-state index is 0.0134. The summed E-state index contributed by atoms with van der Waals surface area (Å²) in [5.74, 6) is 1.43. The molecular formula is C21H27NO3. The molecule has 4 nitrogen and oxygen atoms in total. The van der Waals surface area contributed by atoms with E-state index in [0.717, 1.165) is 17.7 Å². The normalized spacial score (nSPS) is 11.0. The topological polar surface area (TPSA) is 47.6 Å². The molecule has 0 saturated heterocycles.